The van der Waals surface area contributed by atoms with Gasteiger partial charge in [-0.1, -0.05) is 12.1 Å². The van der Waals surface area contributed by atoms with Crippen LogP contribution in [0.2, 0.25) is 0 Å². The van der Waals surface area contributed by atoms with Gasteiger partial charge in [0.25, 0.3) is 0 Å². The molecule has 0 bridgehead atoms. The molecule has 0 unspecified atom stereocenters. The van der Waals surface area contributed by atoms with E-state index in [0.29, 0.717) is 0 Å². The molecule has 0 atom stereocenters. The van der Waals surface area contributed by atoms with Crippen molar-refractivity contribution >= 4 is 5.78 Å². The smallest absolute Gasteiger partial charge is 0.159 e. The second-order valence-electron chi connectivity index (χ2n) is 4.80. The molecule has 3 nitrogen and oxygen atoms in total. The third kappa shape index (κ3) is 3.18. The zero-order valence-electron chi connectivity index (χ0n) is 11.2. The van der Waals surface area contributed by atoms with Crippen molar-refractivity contribution in [3.63, 3.8) is 0 Å². The molecule has 0 aromatic heterocycles. The van der Waals surface area contributed by atoms with Crippen molar-refractivity contribution in [2.24, 2.45) is 0 Å². The number of fused-ring (bicyclic) bond motifs is 1. The summed E-state index contributed by atoms with van der Waals surface area (Å²) >= 11 is 0. The van der Waals surface area contributed by atoms with Crippen LogP contribution in [0, 0.1) is 0 Å². The van der Waals surface area contributed by atoms with Crippen LogP contribution in [0.1, 0.15) is 41.8 Å². The highest BCUT2D eigenvalue weighted by Crippen LogP contribution is 2.24. The zero-order chi connectivity index (χ0) is 13.0. The highest BCUT2D eigenvalue weighted by atomic mass is 16.5. The summed E-state index contributed by atoms with van der Waals surface area (Å²) in [5, 5.41) is 0. The normalized spacial score (nSPS) is 14.8. The minimum atomic E-state index is 0.146. The molecule has 0 saturated heterocycles. The van der Waals surface area contributed by atoms with Gasteiger partial charge in [-0.15, -0.1) is 0 Å². The first-order valence-corrected chi connectivity index (χ1v) is 6.63. The third-order valence-corrected chi connectivity index (χ3v) is 3.37. The number of ketones is 1. The Balaban J connectivity index is 1.89. The van der Waals surface area contributed by atoms with E-state index in [1.807, 2.05) is 19.1 Å². The lowest BCUT2D eigenvalue weighted by Crippen LogP contribution is -2.19. The fraction of sp³-hybridized carbons (Fsp3) is 0.533. The Bertz CT molecular complexity index is 429. The predicted octanol–water partition coefficient (Wildman–Crippen LogP) is 2.63. The van der Waals surface area contributed by atoms with E-state index in [0.717, 1.165) is 44.8 Å². The fourth-order valence-electron chi connectivity index (χ4n) is 2.38. The van der Waals surface area contributed by atoms with Gasteiger partial charge < -0.3 is 4.74 Å². The molecule has 0 radical (unpaired) electrons. The van der Waals surface area contributed by atoms with Crippen molar-refractivity contribution < 1.29 is 9.53 Å². The van der Waals surface area contributed by atoms with Crippen molar-refractivity contribution in [2.75, 3.05) is 19.8 Å². The molecule has 1 aliphatic rings. The number of rotatable bonds is 6. The summed E-state index contributed by atoms with van der Waals surface area (Å²) in [4.78, 5) is 13.8. The molecule has 1 aliphatic heterocycles. The Morgan fingerprint density at radius 3 is 2.83 bits per heavy atom. The summed E-state index contributed by atoms with van der Waals surface area (Å²) in [7, 11) is 0. The molecule has 98 valence electrons. The van der Waals surface area contributed by atoms with Crippen LogP contribution in [-0.4, -0.2) is 30.4 Å². The summed E-state index contributed by atoms with van der Waals surface area (Å²) in [5.74, 6) is 0.146. The van der Waals surface area contributed by atoms with Gasteiger partial charge in [-0.25, -0.2) is 0 Å². The van der Waals surface area contributed by atoms with Gasteiger partial charge in [-0.05, 0) is 37.5 Å². The van der Waals surface area contributed by atoms with Crippen LogP contribution in [0.3, 0.4) is 0 Å². The first-order valence-electron chi connectivity index (χ1n) is 6.63. The van der Waals surface area contributed by atoms with Gasteiger partial charge in [0.2, 0.25) is 0 Å². The van der Waals surface area contributed by atoms with Crippen LogP contribution in [0.4, 0.5) is 0 Å². The van der Waals surface area contributed by atoms with Crippen molar-refractivity contribution in [1.82, 2.24) is 4.90 Å². The average molecular weight is 247 g/mol. The number of benzene rings is 1. The Hall–Kier alpha value is -1.19. The largest absolute Gasteiger partial charge is 0.382 e. The molecule has 3 heteroatoms. The molecular formula is C15H21NO2. The average Bonchev–Trinajstić information content (AvgIpc) is 2.76. The SMILES string of the molecule is CCOCCCN1Cc2ccc(C(C)=O)cc2C1. The van der Waals surface area contributed by atoms with Crippen LogP contribution in [0.5, 0.6) is 0 Å². The summed E-state index contributed by atoms with van der Waals surface area (Å²) in [6.45, 7) is 8.29. The van der Waals surface area contributed by atoms with E-state index < -0.39 is 0 Å². The summed E-state index contributed by atoms with van der Waals surface area (Å²) in [6, 6.07) is 6.07. The van der Waals surface area contributed by atoms with Crippen LogP contribution < -0.4 is 0 Å². The topological polar surface area (TPSA) is 29.5 Å². The van der Waals surface area contributed by atoms with E-state index in [9.17, 15) is 4.79 Å². The van der Waals surface area contributed by atoms with Crippen LogP contribution in [0.25, 0.3) is 0 Å². The molecule has 1 heterocycles. The quantitative estimate of drug-likeness (QED) is 0.571. The molecular weight excluding hydrogens is 226 g/mol. The summed E-state index contributed by atoms with van der Waals surface area (Å²) < 4.78 is 5.35. The molecule has 0 amide bonds. The minimum absolute atomic E-state index is 0.146. The summed E-state index contributed by atoms with van der Waals surface area (Å²) in [5.41, 5.74) is 3.49. The van der Waals surface area contributed by atoms with Crippen molar-refractivity contribution in [2.45, 2.75) is 33.4 Å². The molecule has 18 heavy (non-hydrogen) atoms. The maximum atomic E-state index is 11.3. The van der Waals surface area contributed by atoms with Crippen LogP contribution >= 0.6 is 0 Å². The molecule has 1 aromatic rings. The predicted molar refractivity (Wildman–Crippen MR) is 71.7 cm³/mol. The summed E-state index contributed by atoms with van der Waals surface area (Å²) in [6.07, 6.45) is 1.07. The van der Waals surface area contributed by atoms with Gasteiger partial charge in [0.15, 0.2) is 5.78 Å². The highest BCUT2D eigenvalue weighted by molar-refractivity contribution is 5.94. The minimum Gasteiger partial charge on any atom is -0.382 e. The standard InChI is InChI=1S/C15H21NO2/c1-3-18-8-4-7-16-10-14-6-5-13(12(2)17)9-15(14)11-16/h5-6,9H,3-4,7-8,10-11H2,1-2H3. The monoisotopic (exact) mass is 247 g/mol. The number of ether oxygens (including phenoxy) is 1. The Kier molecular flexibility index (Phi) is 4.50. The first kappa shape index (κ1) is 13.2. The maximum absolute atomic E-state index is 11.3. The van der Waals surface area contributed by atoms with E-state index >= 15 is 0 Å². The van der Waals surface area contributed by atoms with E-state index in [2.05, 4.69) is 11.0 Å². The molecule has 0 fully saturated rings. The van der Waals surface area contributed by atoms with Crippen molar-refractivity contribution in [3.8, 4) is 0 Å². The van der Waals surface area contributed by atoms with Gasteiger partial charge in [-0.3, -0.25) is 9.69 Å². The van der Waals surface area contributed by atoms with E-state index in [-0.39, 0.29) is 5.78 Å². The fourth-order valence-corrected chi connectivity index (χ4v) is 2.38. The number of hydrogen-bond donors (Lipinski definition) is 0. The van der Waals surface area contributed by atoms with Crippen LogP contribution in [0.15, 0.2) is 18.2 Å². The lowest BCUT2D eigenvalue weighted by molar-refractivity contribution is 0.101. The molecule has 0 aliphatic carbocycles. The molecule has 0 spiro atoms. The van der Waals surface area contributed by atoms with E-state index in [1.165, 1.54) is 11.1 Å². The van der Waals surface area contributed by atoms with E-state index in [4.69, 9.17) is 4.74 Å². The van der Waals surface area contributed by atoms with Crippen molar-refractivity contribution in [1.29, 1.82) is 0 Å². The second-order valence-corrected chi connectivity index (χ2v) is 4.80. The zero-order valence-corrected chi connectivity index (χ0v) is 11.2. The molecule has 0 saturated carbocycles. The number of carbonyl (C=O) groups is 1. The Morgan fingerprint density at radius 1 is 1.33 bits per heavy atom. The van der Waals surface area contributed by atoms with Crippen molar-refractivity contribution in [3.05, 3.63) is 34.9 Å². The second kappa shape index (κ2) is 6.12. The van der Waals surface area contributed by atoms with E-state index in [1.54, 1.807) is 6.92 Å². The van der Waals surface area contributed by atoms with Gasteiger partial charge in [0.1, 0.15) is 0 Å². The number of hydrogen-bond acceptors (Lipinski definition) is 3. The van der Waals surface area contributed by atoms with Gasteiger partial charge in [0, 0.05) is 38.4 Å². The Labute approximate surface area is 109 Å². The maximum Gasteiger partial charge on any atom is 0.159 e. The van der Waals surface area contributed by atoms with Gasteiger partial charge in [0.05, 0.1) is 0 Å². The first-order chi connectivity index (χ1) is 8.70. The Morgan fingerprint density at radius 2 is 2.11 bits per heavy atom. The number of Topliss-reactive ketones (excluding diaryl/α,β-unsaturated/α-hetero) is 1. The number of carbonyl (C=O) groups excluding carboxylic acids is 1. The molecule has 1 aromatic carbocycles. The molecule has 0 N–H and O–H groups in total. The van der Waals surface area contributed by atoms with Gasteiger partial charge >= 0.3 is 0 Å². The third-order valence-electron chi connectivity index (χ3n) is 3.37. The van der Waals surface area contributed by atoms with Crippen LogP contribution in [-0.2, 0) is 17.8 Å². The lowest BCUT2D eigenvalue weighted by Gasteiger charge is -2.14. The highest BCUT2D eigenvalue weighted by Gasteiger charge is 2.19. The van der Waals surface area contributed by atoms with Gasteiger partial charge in [-0.2, -0.15) is 0 Å². The lowest BCUT2D eigenvalue weighted by atomic mass is 10.0. The molecule has 2 rings (SSSR count). The number of nitrogens with zero attached hydrogens (tertiary/aromatic N) is 1.